The average Bonchev–Trinajstić information content (AvgIpc) is 3.18. The van der Waals surface area contributed by atoms with Crippen LogP contribution < -0.4 is 36.6 Å². The molecule has 4 aliphatic rings. The molecular weight excluding hydrogens is 394 g/mol. The Kier molecular flexibility index (Phi) is 3.83. The molecule has 1 spiro atoms. The minimum absolute atomic E-state index is 0.00559. The molecule has 1 saturated heterocycles. The third-order valence-corrected chi connectivity index (χ3v) is 6.14. The number of nitrogens with one attached hydrogen (secondary N) is 3. The van der Waals surface area contributed by atoms with Gasteiger partial charge in [-0.05, 0) is 19.1 Å². The lowest BCUT2D eigenvalue weighted by Crippen LogP contribution is -2.89. The van der Waals surface area contributed by atoms with Gasteiger partial charge in [0.15, 0.2) is 23.5 Å². The number of carbonyl (C=O) groups excluding carboxylic acids is 1. The van der Waals surface area contributed by atoms with E-state index in [9.17, 15) is 15.0 Å². The van der Waals surface area contributed by atoms with E-state index in [2.05, 4.69) is 20.6 Å². The molecule has 1 unspecified atom stereocenters. The topological polar surface area (TPSA) is 182 Å². The van der Waals surface area contributed by atoms with E-state index >= 15 is 0 Å². The summed E-state index contributed by atoms with van der Waals surface area (Å²) in [5.41, 5.74) is 10.8. The lowest BCUT2D eigenvalue weighted by Gasteiger charge is -2.45. The Balaban J connectivity index is 1.48. The molecule has 4 atom stereocenters. The molecule has 1 amide bonds. The Hall–Kier alpha value is -3.25. The molecule has 160 valence electrons. The first kappa shape index (κ1) is 18.8. The van der Waals surface area contributed by atoms with Crippen molar-refractivity contribution < 1.29 is 29.5 Å². The summed E-state index contributed by atoms with van der Waals surface area (Å²) >= 11 is 0. The second-order valence-corrected chi connectivity index (χ2v) is 7.85. The molecule has 0 saturated carbocycles. The predicted molar refractivity (Wildman–Crippen MR) is 103 cm³/mol. The Morgan fingerprint density at radius 3 is 2.93 bits per heavy atom. The lowest BCUT2D eigenvalue weighted by atomic mass is 9.85. The zero-order valence-electron chi connectivity index (χ0n) is 16.3. The number of guanidine groups is 2. The number of nitrogens with two attached hydrogens (primary N) is 2. The largest absolute Gasteiger partial charge is 0.486 e. The van der Waals surface area contributed by atoms with Crippen LogP contribution in [-0.2, 0) is 0 Å². The second-order valence-electron chi connectivity index (χ2n) is 7.85. The molecule has 12 nitrogen and oxygen atoms in total. The van der Waals surface area contributed by atoms with Crippen LogP contribution in [0.4, 0.5) is 0 Å². The minimum atomic E-state index is -2.43. The van der Waals surface area contributed by atoms with Crippen molar-refractivity contribution in [3.05, 3.63) is 23.8 Å². The number of hydrogen-bond donors (Lipinski definition) is 7. The van der Waals surface area contributed by atoms with Gasteiger partial charge in [-0.2, -0.15) is 0 Å². The van der Waals surface area contributed by atoms with Crippen LogP contribution >= 0.6 is 0 Å². The van der Waals surface area contributed by atoms with E-state index in [-0.39, 0.29) is 24.0 Å². The molecule has 0 aromatic heterocycles. The van der Waals surface area contributed by atoms with E-state index in [1.807, 2.05) is 0 Å². The number of amides is 1. The molecule has 30 heavy (non-hydrogen) atoms. The van der Waals surface area contributed by atoms with Crippen molar-refractivity contribution in [2.45, 2.75) is 36.5 Å². The van der Waals surface area contributed by atoms with Gasteiger partial charge >= 0.3 is 5.96 Å². The highest BCUT2D eigenvalue weighted by molar-refractivity contribution is 5.98. The SMILES string of the molecule is C[C@@H]1N=C(N)N2C[C@H](NC(=O)c3cccc4c3OCCO4)C(O)(O)[C@@]23NC(N)=[NH+]C13. The molecule has 0 radical (unpaired) electrons. The number of ether oxygens (including phenoxy) is 2. The quantitative estimate of drug-likeness (QED) is 0.232. The molecule has 1 aromatic carbocycles. The zero-order chi connectivity index (χ0) is 21.3. The highest BCUT2D eigenvalue weighted by Crippen LogP contribution is 2.41. The number of benzene rings is 1. The summed E-state index contributed by atoms with van der Waals surface area (Å²) < 4.78 is 11.1. The average molecular weight is 418 g/mol. The van der Waals surface area contributed by atoms with E-state index in [1.165, 1.54) is 4.90 Å². The summed E-state index contributed by atoms with van der Waals surface area (Å²) in [6, 6.07) is 2.88. The molecular formula is C18H24N7O5+. The van der Waals surface area contributed by atoms with Crippen molar-refractivity contribution in [3.63, 3.8) is 0 Å². The number of nitrogens with zero attached hydrogens (tertiary/aromatic N) is 2. The highest BCUT2D eigenvalue weighted by Gasteiger charge is 2.75. The molecule has 5 rings (SSSR count). The standard InChI is InChI=1S/C18H23N7O5/c1-8-13-17(24-15(19)23-13)18(27,28)11(7-25(17)16(20)21-8)22-14(26)9-3-2-4-10-12(9)30-6-5-29-10/h2-4,8,11,13,27-28H,5-7H2,1H3,(H2,20,21)(H,22,26)(H3,19,23,24)/p+1/t8-,11-,13?,17-/m0/s1. The summed E-state index contributed by atoms with van der Waals surface area (Å²) in [6.45, 7) is 2.51. The van der Waals surface area contributed by atoms with Gasteiger partial charge in [-0.3, -0.25) is 20.4 Å². The number of aliphatic hydroxyl groups is 2. The van der Waals surface area contributed by atoms with E-state index in [4.69, 9.17) is 20.9 Å². The highest BCUT2D eigenvalue weighted by atomic mass is 16.6. The van der Waals surface area contributed by atoms with E-state index < -0.39 is 35.5 Å². The van der Waals surface area contributed by atoms with Crippen molar-refractivity contribution in [2.75, 3.05) is 19.8 Å². The minimum Gasteiger partial charge on any atom is -0.486 e. The molecule has 12 heteroatoms. The number of hydrogen-bond acceptors (Lipinski definition) is 10. The smallest absolute Gasteiger partial charge is 0.343 e. The molecule has 0 bridgehead atoms. The van der Waals surface area contributed by atoms with Crippen molar-refractivity contribution in [3.8, 4) is 11.5 Å². The summed E-state index contributed by atoms with van der Waals surface area (Å²) in [5.74, 6) is -1.88. The van der Waals surface area contributed by atoms with Gasteiger partial charge in [-0.25, -0.2) is 10.3 Å². The summed E-state index contributed by atoms with van der Waals surface area (Å²) in [4.78, 5) is 21.9. The first-order valence-electron chi connectivity index (χ1n) is 9.68. The fraction of sp³-hybridized carbons (Fsp3) is 0.500. The van der Waals surface area contributed by atoms with Crippen LogP contribution in [-0.4, -0.2) is 82.3 Å². The van der Waals surface area contributed by atoms with Crippen LogP contribution in [0.5, 0.6) is 11.5 Å². The maximum absolute atomic E-state index is 13.1. The Morgan fingerprint density at radius 1 is 1.37 bits per heavy atom. The van der Waals surface area contributed by atoms with Crippen LogP contribution in [0.1, 0.15) is 17.3 Å². The van der Waals surface area contributed by atoms with Crippen LogP contribution in [0.15, 0.2) is 23.2 Å². The summed E-state index contributed by atoms with van der Waals surface area (Å²) in [7, 11) is 0. The van der Waals surface area contributed by atoms with Crippen molar-refractivity contribution in [1.82, 2.24) is 15.5 Å². The molecule has 4 heterocycles. The summed E-state index contributed by atoms with van der Waals surface area (Å²) in [5, 5.41) is 28.2. The maximum Gasteiger partial charge on any atom is 0.343 e. The molecule has 4 aliphatic heterocycles. The lowest BCUT2D eigenvalue weighted by molar-refractivity contribution is -0.521. The Bertz CT molecular complexity index is 980. The third-order valence-electron chi connectivity index (χ3n) is 6.14. The molecule has 9 N–H and O–H groups in total. The third kappa shape index (κ3) is 2.31. The van der Waals surface area contributed by atoms with Crippen LogP contribution in [0.2, 0.25) is 0 Å². The van der Waals surface area contributed by atoms with Crippen molar-refractivity contribution >= 4 is 17.8 Å². The van der Waals surface area contributed by atoms with Crippen LogP contribution in [0.3, 0.4) is 0 Å². The molecule has 1 aromatic rings. The van der Waals surface area contributed by atoms with Gasteiger partial charge in [-0.1, -0.05) is 6.07 Å². The maximum atomic E-state index is 13.1. The second kappa shape index (κ2) is 6.12. The zero-order valence-corrected chi connectivity index (χ0v) is 16.3. The predicted octanol–water partition coefficient (Wildman–Crippen LogP) is -4.67. The van der Waals surface area contributed by atoms with Gasteiger partial charge in [0.2, 0.25) is 5.79 Å². The van der Waals surface area contributed by atoms with Crippen LogP contribution in [0.25, 0.3) is 0 Å². The van der Waals surface area contributed by atoms with Gasteiger partial charge in [0.25, 0.3) is 11.6 Å². The number of rotatable bonds is 2. The van der Waals surface area contributed by atoms with Gasteiger partial charge in [-0.15, -0.1) is 0 Å². The van der Waals surface area contributed by atoms with Gasteiger partial charge in [0.1, 0.15) is 19.3 Å². The fourth-order valence-electron chi connectivity index (χ4n) is 4.80. The Morgan fingerprint density at radius 2 is 2.13 bits per heavy atom. The number of fused-ring (bicyclic) bond motifs is 1. The monoisotopic (exact) mass is 418 g/mol. The van der Waals surface area contributed by atoms with Gasteiger partial charge in [0, 0.05) is 0 Å². The van der Waals surface area contributed by atoms with E-state index in [0.717, 1.165) is 0 Å². The Labute approximate surface area is 171 Å². The van der Waals surface area contributed by atoms with Gasteiger partial charge in [0.05, 0.1) is 18.2 Å². The molecule has 0 aliphatic carbocycles. The number of carbonyl (C=O) groups is 1. The number of para-hydroxylation sites is 1. The first-order chi connectivity index (χ1) is 14.3. The normalized spacial score (nSPS) is 33.0. The fourth-order valence-corrected chi connectivity index (χ4v) is 4.80. The van der Waals surface area contributed by atoms with E-state index in [0.29, 0.717) is 24.7 Å². The van der Waals surface area contributed by atoms with Crippen LogP contribution in [0, 0.1) is 0 Å². The number of aliphatic imine (C=N–C) groups is 1. The molecule has 1 fully saturated rings. The first-order valence-corrected chi connectivity index (χ1v) is 9.68. The van der Waals surface area contributed by atoms with E-state index in [1.54, 1.807) is 25.1 Å². The van der Waals surface area contributed by atoms with Crippen molar-refractivity contribution in [1.29, 1.82) is 0 Å². The van der Waals surface area contributed by atoms with Gasteiger partial charge < -0.3 is 30.7 Å². The summed E-state index contributed by atoms with van der Waals surface area (Å²) in [6.07, 6.45) is 0. The van der Waals surface area contributed by atoms with Crippen molar-refractivity contribution in [2.24, 2.45) is 16.5 Å².